The molecule has 2 heterocycles. The number of hydrogen-bond donors (Lipinski definition) is 4. The molecule has 0 amide bonds. The van der Waals surface area contributed by atoms with Crippen LogP contribution in [0.15, 0.2) is 109 Å². The van der Waals surface area contributed by atoms with Gasteiger partial charge in [0, 0.05) is 82.5 Å². The fourth-order valence-electron chi connectivity index (χ4n) is 7.70. The fraction of sp³-hybridized carbons (Fsp3) is 0.280. The van der Waals surface area contributed by atoms with Gasteiger partial charge in [0.15, 0.2) is 0 Å². The van der Waals surface area contributed by atoms with Gasteiger partial charge in [-0.15, -0.1) is 0 Å². The molecule has 0 radical (unpaired) electrons. The number of halogens is 2. The average Bonchev–Trinajstić information content (AvgIpc) is 4.17. The molecule has 4 N–H and O–H groups in total. The standard InChI is InChI=1S/2C25H24FNO4.Ca/c2*26-17-9-7-15(8-10-17)24-20-3-1-2-4-22(20)27-25(16-5-6-16)21(24)12-11-18(28)13-19(29)14-23(30)31;/h2*1-4,7-12,16,18-19,28-29H,5-6,13-14H2,(H,30,31);/q;;+2/p-2/b2*12-11-;/t2*18-,19-;/m11./s1. The summed E-state index contributed by atoms with van der Waals surface area (Å²) in [7, 11) is 0. The van der Waals surface area contributed by atoms with E-state index in [0.717, 1.165) is 92.3 Å². The molecule has 2 aromatic heterocycles. The van der Waals surface area contributed by atoms with Gasteiger partial charge in [-0.1, -0.05) is 85.0 Å². The first kappa shape index (κ1) is 47.6. The number of para-hydroxylation sites is 2. The number of pyridine rings is 2. The van der Waals surface area contributed by atoms with Gasteiger partial charge in [0.05, 0.1) is 46.8 Å². The van der Waals surface area contributed by atoms with Crippen LogP contribution >= 0.6 is 0 Å². The molecule has 0 bridgehead atoms. The maximum Gasteiger partial charge on any atom is 2.00 e. The van der Waals surface area contributed by atoms with Crippen LogP contribution < -0.4 is 10.2 Å². The van der Waals surface area contributed by atoms with Crippen LogP contribution in [0.25, 0.3) is 56.2 Å². The minimum absolute atomic E-state index is 0. The van der Waals surface area contributed by atoms with Gasteiger partial charge in [-0.25, -0.2) is 8.78 Å². The van der Waals surface area contributed by atoms with Crippen molar-refractivity contribution in [2.45, 2.75) is 87.6 Å². The zero-order valence-corrected chi connectivity index (χ0v) is 36.7. The van der Waals surface area contributed by atoms with Crippen molar-refractivity contribution in [2.24, 2.45) is 0 Å². The number of nitrogens with zero attached hydrogens (tertiary/aromatic N) is 2. The Kier molecular flexibility index (Phi) is 16.3. The summed E-state index contributed by atoms with van der Waals surface area (Å²) in [5.41, 5.74) is 8.76. The second kappa shape index (κ2) is 21.6. The number of aliphatic hydroxyl groups excluding tert-OH is 4. The molecule has 320 valence electrons. The van der Waals surface area contributed by atoms with Gasteiger partial charge in [-0.3, -0.25) is 9.97 Å². The molecule has 0 aliphatic heterocycles. The van der Waals surface area contributed by atoms with Crippen LogP contribution in [0.2, 0.25) is 0 Å². The van der Waals surface area contributed by atoms with E-state index in [2.05, 4.69) is 0 Å². The molecule has 0 saturated heterocycles. The topological polar surface area (TPSA) is 187 Å². The predicted molar refractivity (Wildman–Crippen MR) is 235 cm³/mol. The maximum absolute atomic E-state index is 13.6. The second-order valence-corrected chi connectivity index (χ2v) is 16.0. The smallest absolute Gasteiger partial charge is 0.550 e. The van der Waals surface area contributed by atoms with E-state index in [9.17, 15) is 49.0 Å². The molecule has 6 aromatic rings. The van der Waals surface area contributed by atoms with Crippen molar-refractivity contribution < 1.29 is 49.0 Å². The normalized spacial score (nSPS) is 15.7. The summed E-state index contributed by atoms with van der Waals surface area (Å²) in [4.78, 5) is 31.0. The van der Waals surface area contributed by atoms with E-state index >= 15 is 0 Å². The van der Waals surface area contributed by atoms with Crippen molar-refractivity contribution in [1.82, 2.24) is 9.97 Å². The minimum atomic E-state index is -1.36. The number of rotatable bonds is 16. The molecule has 0 unspecified atom stereocenters. The summed E-state index contributed by atoms with van der Waals surface area (Å²) in [6.07, 6.45) is 5.02. The fourth-order valence-corrected chi connectivity index (χ4v) is 7.70. The van der Waals surface area contributed by atoms with Gasteiger partial charge in [-0.2, -0.15) is 0 Å². The summed E-state index contributed by atoms with van der Waals surface area (Å²) in [6.45, 7) is 0. The largest absolute Gasteiger partial charge is 2.00 e. The number of carbonyl (C=O) groups is 2. The third-order valence-corrected chi connectivity index (χ3v) is 10.9. The Morgan fingerprint density at radius 2 is 0.937 bits per heavy atom. The molecule has 13 heteroatoms. The summed E-state index contributed by atoms with van der Waals surface area (Å²) >= 11 is 0. The van der Waals surface area contributed by atoms with Gasteiger partial charge in [0.1, 0.15) is 11.6 Å². The molecule has 4 atom stereocenters. The predicted octanol–water partition coefficient (Wildman–Crippen LogP) is 5.99. The number of aromatic nitrogens is 2. The van der Waals surface area contributed by atoms with E-state index in [1.165, 1.54) is 24.3 Å². The van der Waals surface area contributed by atoms with E-state index in [-0.39, 0.29) is 62.2 Å². The number of aliphatic hydroxyl groups is 4. The molecule has 2 aliphatic rings. The minimum Gasteiger partial charge on any atom is -0.550 e. The number of benzene rings is 4. The molecular weight excluding hydrogens is 835 g/mol. The molecule has 63 heavy (non-hydrogen) atoms. The molecule has 0 spiro atoms. The summed E-state index contributed by atoms with van der Waals surface area (Å²) in [5.74, 6) is -2.72. The Labute approximate surface area is 393 Å². The van der Waals surface area contributed by atoms with Gasteiger partial charge in [0.25, 0.3) is 0 Å². The third-order valence-electron chi connectivity index (χ3n) is 10.9. The van der Waals surface area contributed by atoms with Crippen LogP contribution in [0.5, 0.6) is 0 Å². The van der Waals surface area contributed by atoms with E-state index in [1.54, 1.807) is 48.6 Å². The van der Waals surface area contributed by atoms with Crippen LogP contribution in [-0.4, -0.2) is 104 Å². The van der Waals surface area contributed by atoms with E-state index in [0.29, 0.717) is 11.8 Å². The first-order valence-corrected chi connectivity index (χ1v) is 20.7. The van der Waals surface area contributed by atoms with Gasteiger partial charge in [-0.05, 0) is 73.2 Å². The Hall–Kier alpha value is -4.92. The summed E-state index contributed by atoms with van der Waals surface area (Å²) in [6, 6.07) is 28.1. The van der Waals surface area contributed by atoms with E-state index in [1.807, 2.05) is 48.5 Å². The third kappa shape index (κ3) is 12.6. The Bertz CT molecular complexity index is 2430. The zero-order valence-electron chi connectivity index (χ0n) is 34.4. The van der Waals surface area contributed by atoms with Crippen molar-refractivity contribution in [3.8, 4) is 22.3 Å². The molecule has 4 aromatic carbocycles. The molecular formula is C50H46CaF2N2O8. The number of carbonyl (C=O) groups excluding carboxylic acids is 2. The van der Waals surface area contributed by atoms with Crippen molar-refractivity contribution in [1.29, 1.82) is 0 Å². The molecule has 2 aliphatic carbocycles. The van der Waals surface area contributed by atoms with Crippen molar-refractivity contribution in [3.63, 3.8) is 0 Å². The Balaban J connectivity index is 0.000000206. The summed E-state index contributed by atoms with van der Waals surface area (Å²) < 4.78 is 27.1. The van der Waals surface area contributed by atoms with Crippen LogP contribution in [0.4, 0.5) is 8.78 Å². The van der Waals surface area contributed by atoms with Crippen LogP contribution in [0.3, 0.4) is 0 Å². The first-order valence-electron chi connectivity index (χ1n) is 20.7. The number of carboxylic acids is 2. The monoisotopic (exact) mass is 880 g/mol. The first-order chi connectivity index (χ1) is 29.8. The zero-order chi connectivity index (χ0) is 43.9. The molecule has 2 fully saturated rings. The average molecular weight is 881 g/mol. The van der Waals surface area contributed by atoms with Gasteiger partial charge >= 0.3 is 37.7 Å². The van der Waals surface area contributed by atoms with Crippen LogP contribution in [-0.2, 0) is 9.59 Å². The number of carboxylic acid groups (broad SMARTS) is 2. The van der Waals surface area contributed by atoms with Crippen molar-refractivity contribution in [3.05, 3.63) is 143 Å². The van der Waals surface area contributed by atoms with Crippen LogP contribution in [0.1, 0.15) is 85.7 Å². The SMILES string of the molecule is O=C([O-])C[C@H](O)C[C@H](O)/C=C\c1c(C2CC2)nc2ccccc2c1-c1ccc(F)cc1.O=C([O-])C[C@H](O)C[C@H](O)/C=C\c1c(C2CC2)nc2ccccc2c1-c1ccc(F)cc1.[Ca+2]. The van der Waals surface area contributed by atoms with Crippen molar-refractivity contribution >= 4 is 83.6 Å². The molecule has 8 rings (SSSR count). The van der Waals surface area contributed by atoms with E-state index < -0.39 is 49.2 Å². The van der Waals surface area contributed by atoms with Gasteiger partial charge in [0.2, 0.25) is 0 Å². The number of hydrogen-bond acceptors (Lipinski definition) is 10. The second-order valence-electron chi connectivity index (χ2n) is 16.0. The summed E-state index contributed by atoms with van der Waals surface area (Å²) in [5, 5.41) is 63.3. The van der Waals surface area contributed by atoms with E-state index in [4.69, 9.17) is 9.97 Å². The molecule has 10 nitrogen and oxygen atoms in total. The molecule has 2 saturated carbocycles. The quantitative estimate of drug-likeness (QED) is 0.0843. The van der Waals surface area contributed by atoms with Gasteiger partial charge < -0.3 is 40.2 Å². The Morgan fingerprint density at radius 1 is 0.587 bits per heavy atom. The number of fused-ring (bicyclic) bond motifs is 2. The maximum atomic E-state index is 13.6. The Morgan fingerprint density at radius 3 is 1.27 bits per heavy atom. The van der Waals surface area contributed by atoms with Crippen molar-refractivity contribution in [2.75, 3.05) is 0 Å². The van der Waals surface area contributed by atoms with Crippen LogP contribution in [0, 0.1) is 11.6 Å². The number of aliphatic carboxylic acids is 2.